The molecule has 0 aromatic heterocycles. The van der Waals surface area contributed by atoms with Gasteiger partial charge in [-0.3, -0.25) is 0 Å². The molecule has 18 heavy (non-hydrogen) atoms. The minimum absolute atomic E-state index is 0.877. The van der Waals surface area contributed by atoms with Crippen molar-refractivity contribution in [3.05, 3.63) is 46.5 Å². The monoisotopic (exact) mass is 237 g/mol. The smallest absolute Gasteiger partial charge is 0.100 e. The minimum Gasteiger partial charge on any atom is -0.192 e. The molecule has 92 valence electrons. The van der Waals surface area contributed by atoms with Crippen LogP contribution < -0.4 is 0 Å². The van der Waals surface area contributed by atoms with Crippen molar-refractivity contribution >= 4 is 10.8 Å². The van der Waals surface area contributed by atoms with Gasteiger partial charge in [0.05, 0.1) is 5.56 Å². The molecule has 0 radical (unpaired) electrons. The van der Waals surface area contributed by atoms with Gasteiger partial charge in [0, 0.05) is 5.39 Å². The van der Waals surface area contributed by atoms with Gasteiger partial charge < -0.3 is 0 Å². The Labute approximate surface area is 109 Å². The standard InChI is InChI=1S/C17H19N/c1-4-12-13(5-2)15-9-7-8-10-16(15)17(11-18)14(12)6-3/h7-10H,4-6H2,1-3H3. The van der Waals surface area contributed by atoms with E-state index in [2.05, 4.69) is 45.0 Å². The molecule has 2 aromatic carbocycles. The Balaban J connectivity index is 3.00. The van der Waals surface area contributed by atoms with Crippen LogP contribution in [-0.2, 0) is 19.3 Å². The summed E-state index contributed by atoms with van der Waals surface area (Å²) in [7, 11) is 0. The van der Waals surface area contributed by atoms with Gasteiger partial charge in [-0.15, -0.1) is 0 Å². The molecule has 0 aliphatic rings. The van der Waals surface area contributed by atoms with E-state index in [0.29, 0.717) is 0 Å². The Hall–Kier alpha value is -1.81. The predicted octanol–water partition coefficient (Wildman–Crippen LogP) is 4.40. The molecule has 0 aliphatic heterocycles. The summed E-state index contributed by atoms with van der Waals surface area (Å²) < 4.78 is 0. The zero-order chi connectivity index (χ0) is 13.1. The number of nitriles is 1. The summed E-state index contributed by atoms with van der Waals surface area (Å²) in [5.41, 5.74) is 4.93. The molecule has 0 saturated carbocycles. The Morgan fingerprint density at radius 3 is 1.89 bits per heavy atom. The quantitative estimate of drug-likeness (QED) is 0.776. The maximum atomic E-state index is 9.48. The van der Waals surface area contributed by atoms with Crippen LogP contribution in [0.2, 0.25) is 0 Å². The van der Waals surface area contributed by atoms with Crippen molar-refractivity contribution < 1.29 is 0 Å². The molecule has 2 rings (SSSR count). The summed E-state index contributed by atoms with van der Waals surface area (Å²) in [5, 5.41) is 11.9. The van der Waals surface area contributed by atoms with Crippen LogP contribution in [0.25, 0.3) is 10.8 Å². The van der Waals surface area contributed by atoms with Gasteiger partial charge in [0.1, 0.15) is 6.07 Å². The molecule has 0 atom stereocenters. The van der Waals surface area contributed by atoms with Crippen LogP contribution in [0, 0.1) is 11.3 Å². The summed E-state index contributed by atoms with van der Waals surface area (Å²) in [6.07, 6.45) is 2.97. The van der Waals surface area contributed by atoms with Crippen molar-refractivity contribution in [2.75, 3.05) is 0 Å². The van der Waals surface area contributed by atoms with Crippen molar-refractivity contribution in [3.63, 3.8) is 0 Å². The van der Waals surface area contributed by atoms with Gasteiger partial charge in [-0.2, -0.15) is 5.26 Å². The van der Waals surface area contributed by atoms with Crippen molar-refractivity contribution in [3.8, 4) is 6.07 Å². The number of hydrogen-bond acceptors (Lipinski definition) is 1. The first-order chi connectivity index (χ1) is 8.78. The van der Waals surface area contributed by atoms with E-state index in [9.17, 15) is 5.26 Å². The lowest BCUT2D eigenvalue weighted by Gasteiger charge is -2.17. The third-order valence-corrected chi connectivity index (χ3v) is 3.72. The predicted molar refractivity (Wildman–Crippen MR) is 76.8 cm³/mol. The molecule has 1 heteroatoms. The van der Waals surface area contributed by atoms with E-state index >= 15 is 0 Å². The summed E-state index contributed by atoms with van der Waals surface area (Å²) in [5.74, 6) is 0. The number of aryl methyl sites for hydroxylation is 1. The number of hydrogen-bond donors (Lipinski definition) is 0. The van der Waals surface area contributed by atoms with E-state index in [1.165, 1.54) is 22.1 Å². The summed E-state index contributed by atoms with van der Waals surface area (Å²) in [6, 6.07) is 10.7. The first-order valence-corrected chi connectivity index (χ1v) is 6.73. The van der Waals surface area contributed by atoms with Crippen LogP contribution in [-0.4, -0.2) is 0 Å². The average Bonchev–Trinajstić information content (AvgIpc) is 2.44. The molecule has 0 fully saturated rings. The van der Waals surface area contributed by atoms with Gasteiger partial charge in [0.2, 0.25) is 0 Å². The third kappa shape index (κ3) is 1.78. The zero-order valence-corrected chi connectivity index (χ0v) is 11.4. The SMILES string of the molecule is CCc1c(CC)c(CC)c2ccccc2c1C#N. The Morgan fingerprint density at radius 1 is 0.833 bits per heavy atom. The van der Waals surface area contributed by atoms with E-state index in [1.54, 1.807) is 0 Å². The molecule has 0 aliphatic carbocycles. The van der Waals surface area contributed by atoms with Gasteiger partial charge >= 0.3 is 0 Å². The highest BCUT2D eigenvalue weighted by Gasteiger charge is 2.15. The van der Waals surface area contributed by atoms with E-state index in [1.807, 2.05) is 6.07 Å². The van der Waals surface area contributed by atoms with E-state index < -0.39 is 0 Å². The normalized spacial score (nSPS) is 10.6. The maximum absolute atomic E-state index is 9.48. The molecule has 0 unspecified atom stereocenters. The lowest BCUT2D eigenvalue weighted by Crippen LogP contribution is -2.03. The van der Waals surface area contributed by atoms with Gasteiger partial charge in [-0.1, -0.05) is 45.0 Å². The van der Waals surface area contributed by atoms with Crippen LogP contribution in [0.3, 0.4) is 0 Å². The first-order valence-electron chi connectivity index (χ1n) is 6.73. The minimum atomic E-state index is 0.877. The van der Waals surface area contributed by atoms with Gasteiger partial charge in [0.25, 0.3) is 0 Å². The highest BCUT2D eigenvalue weighted by Crippen LogP contribution is 2.31. The molecular weight excluding hydrogens is 218 g/mol. The molecule has 0 heterocycles. The van der Waals surface area contributed by atoms with Crippen molar-refractivity contribution in [2.24, 2.45) is 0 Å². The second-order valence-electron chi connectivity index (χ2n) is 4.53. The molecule has 0 amide bonds. The van der Waals surface area contributed by atoms with Crippen LogP contribution in [0.5, 0.6) is 0 Å². The summed E-state index contributed by atoms with van der Waals surface area (Å²) in [4.78, 5) is 0. The van der Waals surface area contributed by atoms with Crippen LogP contribution in [0.1, 0.15) is 43.0 Å². The van der Waals surface area contributed by atoms with Gasteiger partial charge in [-0.05, 0) is 41.3 Å². The Kier molecular flexibility index (Phi) is 3.67. The van der Waals surface area contributed by atoms with Crippen LogP contribution >= 0.6 is 0 Å². The fraction of sp³-hybridized carbons (Fsp3) is 0.353. The molecule has 0 saturated heterocycles. The lowest BCUT2D eigenvalue weighted by atomic mass is 9.86. The van der Waals surface area contributed by atoms with Crippen molar-refractivity contribution in [2.45, 2.75) is 40.0 Å². The van der Waals surface area contributed by atoms with Crippen LogP contribution in [0.15, 0.2) is 24.3 Å². The molecule has 0 N–H and O–H groups in total. The van der Waals surface area contributed by atoms with E-state index in [0.717, 1.165) is 30.2 Å². The van der Waals surface area contributed by atoms with E-state index in [-0.39, 0.29) is 0 Å². The number of rotatable bonds is 3. The fourth-order valence-electron chi connectivity index (χ4n) is 2.97. The summed E-state index contributed by atoms with van der Waals surface area (Å²) in [6.45, 7) is 6.53. The maximum Gasteiger partial charge on any atom is 0.100 e. The molecule has 0 spiro atoms. The average molecular weight is 237 g/mol. The van der Waals surface area contributed by atoms with Crippen molar-refractivity contribution in [1.82, 2.24) is 0 Å². The molecule has 2 aromatic rings. The Morgan fingerprint density at radius 2 is 1.39 bits per heavy atom. The highest BCUT2D eigenvalue weighted by atomic mass is 14.3. The number of nitrogens with zero attached hydrogens (tertiary/aromatic N) is 1. The van der Waals surface area contributed by atoms with Gasteiger partial charge in [-0.25, -0.2) is 0 Å². The summed E-state index contributed by atoms with van der Waals surface area (Å²) >= 11 is 0. The first kappa shape index (κ1) is 12.6. The topological polar surface area (TPSA) is 23.8 Å². The lowest BCUT2D eigenvalue weighted by molar-refractivity contribution is 0.989. The molecule has 0 bridgehead atoms. The van der Waals surface area contributed by atoms with Crippen molar-refractivity contribution in [1.29, 1.82) is 5.26 Å². The fourth-order valence-corrected chi connectivity index (χ4v) is 2.97. The van der Waals surface area contributed by atoms with Crippen LogP contribution in [0.4, 0.5) is 0 Å². The third-order valence-electron chi connectivity index (χ3n) is 3.72. The molecule has 1 nitrogen and oxygen atoms in total. The van der Waals surface area contributed by atoms with E-state index in [4.69, 9.17) is 0 Å². The second kappa shape index (κ2) is 5.23. The number of benzene rings is 2. The second-order valence-corrected chi connectivity index (χ2v) is 4.53. The largest absolute Gasteiger partial charge is 0.192 e. The highest BCUT2D eigenvalue weighted by molar-refractivity contribution is 5.93. The zero-order valence-electron chi connectivity index (χ0n) is 11.4. The number of fused-ring (bicyclic) bond motifs is 1. The Bertz CT molecular complexity index is 618. The van der Waals surface area contributed by atoms with Gasteiger partial charge in [0.15, 0.2) is 0 Å². The molecular formula is C17H19N.